The maximum absolute atomic E-state index is 12.5. The van der Waals surface area contributed by atoms with E-state index in [2.05, 4.69) is 19.2 Å². The highest BCUT2D eigenvalue weighted by Gasteiger charge is 2.35. The van der Waals surface area contributed by atoms with Crippen LogP contribution in [0.15, 0.2) is 18.2 Å². The van der Waals surface area contributed by atoms with E-state index in [1.54, 1.807) is 18.2 Å². The van der Waals surface area contributed by atoms with E-state index < -0.39 is 0 Å². The first-order valence-corrected chi connectivity index (χ1v) is 7.28. The first-order chi connectivity index (χ1) is 9.45. The van der Waals surface area contributed by atoms with E-state index in [1.807, 2.05) is 6.92 Å². The normalized spacial score (nSPS) is 20.6. The number of nitrogens with one attached hydrogen (secondary N) is 1. The van der Waals surface area contributed by atoms with Gasteiger partial charge in [0.05, 0.1) is 17.9 Å². The Hall–Kier alpha value is -1.71. The van der Waals surface area contributed by atoms with Crippen molar-refractivity contribution in [2.45, 2.75) is 46.1 Å². The summed E-state index contributed by atoms with van der Waals surface area (Å²) in [5.41, 5.74) is 7.08. The first-order valence-electron chi connectivity index (χ1n) is 7.28. The van der Waals surface area contributed by atoms with Crippen LogP contribution in [0.3, 0.4) is 0 Å². The van der Waals surface area contributed by atoms with Crippen LogP contribution in [0.5, 0.6) is 5.75 Å². The van der Waals surface area contributed by atoms with Gasteiger partial charge in [0.15, 0.2) is 5.75 Å². The Labute approximate surface area is 120 Å². The van der Waals surface area contributed by atoms with E-state index in [1.165, 1.54) is 0 Å². The highest BCUT2D eigenvalue weighted by atomic mass is 16.5. The van der Waals surface area contributed by atoms with Gasteiger partial charge in [-0.1, -0.05) is 26.3 Å². The van der Waals surface area contributed by atoms with Crippen LogP contribution in [-0.4, -0.2) is 18.6 Å². The van der Waals surface area contributed by atoms with Crippen LogP contribution in [0.1, 0.15) is 50.4 Å². The molecule has 0 spiro atoms. The number of hydrogen-bond acceptors (Lipinski definition) is 3. The Kier molecular flexibility index (Phi) is 4.21. The van der Waals surface area contributed by atoms with Crippen LogP contribution < -0.4 is 15.8 Å². The molecule has 0 aromatic heterocycles. The molecule has 0 saturated heterocycles. The molecule has 1 aromatic rings. The summed E-state index contributed by atoms with van der Waals surface area (Å²) >= 11 is 0. The molecule has 1 aliphatic carbocycles. The number of hydrogen-bond donors (Lipinski definition) is 2. The number of anilines is 1. The monoisotopic (exact) mass is 276 g/mol. The van der Waals surface area contributed by atoms with Crippen molar-refractivity contribution in [3.8, 4) is 5.75 Å². The second kappa shape index (κ2) is 5.73. The molecular weight excluding hydrogens is 252 g/mol. The van der Waals surface area contributed by atoms with Gasteiger partial charge >= 0.3 is 0 Å². The number of carbonyl (C=O) groups excluding carboxylic acids is 1. The molecule has 1 saturated carbocycles. The number of nitrogens with two attached hydrogens (primary N) is 1. The average molecular weight is 276 g/mol. The molecule has 3 N–H and O–H groups in total. The van der Waals surface area contributed by atoms with Gasteiger partial charge in [0, 0.05) is 6.04 Å². The standard InChI is InChI=1S/C16H24N2O2/c1-4-20-14-11(7-5-8-12(14)17)15(19)18-13-9-6-10-16(13,2)3/h5,7-8,13H,4,6,9-10,17H2,1-3H3,(H,18,19). The van der Waals surface area contributed by atoms with E-state index in [-0.39, 0.29) is 17.4 Å². The quantitative estimate of drug-likeness (QED) is 0.831. The second-order valence-electron chi connectivity index (χ2n) is 6.06. The largest absolute Gasteiger partial charge is 0.491 e. The lowest BCUT2D eigenvalue weighted by atomic mass is 9.87. The third-order valence-electron chi connectivity index (χ3n) is 4.14. The van der Waals surface area contributed by atoms with E-state index in [9.17, 15) is 4.79 Å². The highest BCUT2D eigenvalue weighted by molar-refractivity contribution is 5.98. The van der Waals surface area contributed by atoms with Crippen molar-refractivity contribution in [3.05, 3.63) is 23.8 Å². The zero-order valence-electron chi connectivity index (χ0n) is 12.5. The molecule has 1 fully saturated rings. The lowest BCUT2D eigenvalue weighted by molar-refractivity contribution is 0.0906. The van der Waals surface area contributed by atoms with Gasteiger partial charge in [-0.2, -0.15) is 0 Å². The van der Waals surface area contributed by atoms with Crippen molar-refractivity contribution >= 4 is 11.6 Å². The Morgan fingerprint density at radius 3 is 2.85 bits per heavy atom. The zero-order valence-corrected chi connectivity index (χ0v) is 12.5. The summed E-state index contributed by atoms with van der Waals surface area (Å²) in [7, 11) is 0. The van der Waals surface area contributed by atoms with Crippen molar-refractivity contribution < 1.29 is 9.53 Å². The summed E-state index contributed by atoms with van der Waals surface area (Å²) in [6.45, 7) is 6.78. The smallest absolute Gasteiger partial charge is 0.255 e. The van der Waals surface area contributed by atoms with Crippen molar-refractivity contribution in [3.63, 3.8) is 0 Å². The van der Waals surface area contributed by atoms with Crippen LogP contribution in [0.2, 0.25) is 0 Å². The van der Waals surface area contributed by atoms with Crippen LogP contribution in [0.25, 0.3) is 0 Å². The summed E-state index contributed by atoms with van der Waals surface area (Å²) in [5, 5.41) is 3.14. The molecule has 1 aliphatic rings. The molecule has 110 valence electrons. The van der Waals surface area contributed by atoms with E-state index in [4.69, 9.17) is 10.5 Å². The Morgan fingerprint density at radius 1 is 1.50 bits per heavy atom. The Balaban J connectivity index is 2.19. The molecule has 1 unspecified atom stereocenters. The minimum absolute atomic E-state index is 0.0966. The molecule has 0 bridgehead atoms. The SMILES string of the molecule is CCOc1c(N)cccc1C(=O)NC1CCCC1(C)C. The van der Waals surface area contributed by atoms with Gasteiger partial charge in [-0.05, 0) is 37.3 Å². The molecular formula is C16H24N2O2. The lowest BCUT2D eigenvalue weighted by Gasteiger charge is -2.28. The fourth-order valence-electron chi connectivity index (χ4n) is 2.87. The van der Waals surface area contributed by atoms with Gasteiger partial charge in [0.1, 0.15) is 0 Å². The molecule has 1 aromatic carbocycles. The lowest BCUT2D eigenvalue weighted by Crippen LogP contribution is -2.41. The molecule has 2 rings (SSSR count). The van der Waals surface area contributed by atoms with Gasteiger partial charge in [-0.3, -0.25) is 4.79 Å². The fraction of sp³-hybridized carbons (Fsp3) is 0.562. The molecule has 0 radical (unpaired) electrons. The summed E-state index contributed by atoms with van der Waals surface area (Å²) in [6, 6.07) is 5.51. The number of carbonyl (C=O) groups is 1. The maximum atomic E-state index is 12.5. The summed E-state index contributed by atoms with van der Waals surface area (Å²) < 4.78 is 5.52. The van der Waals surface area contributed by atoms with Gasteiger partial charge in [0.25, 0.3) is 5.91 Å². The number of para-hydroxylation sites is 1. The van der Waals surface area contributed by atoms with Crippen molar-refractivity contribution in [2.24, 2.45) is 5.41 Å². The van der Waals surface area contributed by atoms with Crippen LogP contribution >= 0.6 is 0 Å². The molecule has 4 heteroatoms. The Bertz CT molecular complexity index is 497. The second-order valence-corrected chi connectivity index (χ2v) is 6.06. The minimum Gasteiger partial charge on any atom is -0.491 e. The number of ether oxygens (including phenoxy) is 1. The molecule has 1 atom stereocenters. The topological polar surface area (TPSA) is 64.3 Å². The third-order valence-corrected chi connectivity index (χ3v) is 4.14. The third kappa shape index (κ3) is 2.89. The predicted octanol–water partition coefficient (Wildman–Crippen LogP) is 2.98. The maximum Gasteiger partial charge on any atom is 0.255 e. The molecule has 4 nitrogen and oxygen atoms in total. The average Bonchev–Trinajstić information content (AvgIpc) is 2.71. The number of rotatable bonds is 4. The van der Waals surface area contributed by atoms with Crippen molar-refractivity contribution in [1.29, 1.82) is 0 Å². The van der Waals surface area contributed by atoms with Crippen LogP contribution in [0, 0.1) is 5.41 Å². The van der Waals surface area contributed by atoms with E-state index >= 15 is 0 Å². The predicted molar refractivity (Wildman–Crippen MR) is 80.9 cm³/mol. The van der Waals surface area contributed by atoms with E-state index in [0.717, 1.165) is 19.3 Å². The summed E-state index contributed by atoms with van der Waals surface area (Å²) in [6.07, 6.45) is 3.34. The summed E-state index contributed by atoms with van der Waals surface area (Å²) in [5.74, 6) is 0.393. The zero-order chi connectivity index (χ0) is 14.8. The minimum atomic E-state index is -0.0966. The van der Waals surface area contributed by atoms with Crippen LogP contribution in [0.4, 0.5) is 5.69 Å². The fourth-order valence-corrected chi connectivity index (χ4v) is 2.87. The van der Waals surface area contributed by atoms with Crippen LogP contribution in [-0.2, 0) is 0 Å². The molecule has 0 heterocycles. The number of benzene rings is 1. The molecule has 1 amide bonds. The first kappa shape index (κ1) is 14.7. The summed E-state index contributed by atoms with van der Waals surface area (Å²) in [4.78, 5) is 12.5. The van der Waals surface area contributed by atoms with Crippen molar-refractivity contribution in [1.82, 2.24) is 5.32 Å². The van der Waals surface area contributed by atoms with Gasteiger partial charge in [-0.25, -0.2) is 0 Å². The number of amides is 1. The van der Waals surface area contributed by atoms with Crippen molar-refractivity contribution in [2.75, 3.05) is 12.3 Å². The van der Waals surface area contributed by atoms with Gasteiger partial charge < -0.3 is 15.8 Å². The molecule has 20 heavy (non-hydrogen) atoms. The van der Waals surface area contributed by atoms with Gasteiger partial charge in [-0.15, -0.1) is 0 Å². The highest BCUT2D eigenvalue weighted by Crippen LogP contribution is 2.37. The molecule has 0 aliphatic heterocycles. The Morgan fingerprint density at radius 2 is 2.25 bits per heavy atom. The van der Waals surface area contributed by atoms with E-state index in [0.29, 0.717) is 23.6 Å². The van der Waals surface area contributed by atoms with Gasteiger partial charge in [0.2, 0.25) is 0 Å². The number of nitrogen functional groups attached to an aromatic ring is 1.